The summed E-state index contributed by atoms with van der Waals surface area (Å²) in [5.74, 6) is 0.612. The molecule has 2 aromatic carbocycles. The lowest BCUT2D eigenvalue weighted by Crippen LogP contribution is -2.06. The van der Waals surface area contributed by atoms with Crippen LogP contribution in [0.5, 0.6) is 5.75 Å². The number of hydrogen-bond donors (Lipinski definition) is 1. The molecule has 0 aliphatic carbocycles. The molecule has 0 aromatic heterocycles. The molecule has 2 N–H and O–H groups in total. The lowest BCUT2D eigenvalue weighted by atomic mass is 10.1. The van der Waals surface area contributed by atoms with Crippen molar-refractivity contribution in [3.63, 3.8) is 0 Å². The van der Waals surface area contributed by atoms with Gasteiger partial charge in [0.15, 0.2) is 0 Å². The predicted octanol–water partition coefficient (Wildman–Crippen LogP) is 4.73. The standard InChI is InChI=1S/C15H14Cl3NO/c16-12-7-10(5-6-19)15(14(18)8-12)20-9-11-3-1-2-4-13(11)17/h1-4,7-8H,5-6,9,19H2. The highest BCUT2D eigenvalue weighted by Gasteiger charge is 2.11. The number of hydrogen-bond acceptors (Lipinski definition) is 2. The summed E-state index contributed by atoms with van der Waals surface area (Å²) >= 11 is 18.3. The van der Waals surface area contributed by atoms with Crippen LogP contribution in [0, 0.1) is 0 Å². The Labute approximate surface area is 133 Å². The van der Waals surface area contributed by atoms with Crippen molar-refractivity contribution < 1.29 is 4.74 Å². The van der Waals surface area contributed by atoms with Gasteiger partial charge in [-0.3, -0.25) is 0 Å². The summed E-state index contributed by atoms with van der Waals surface area (Å²) in [5, 5.41) is 1.72. The van der Waals surface area contributed by atoms with Crippen LogP contribution in [-0.2, 0) is 13.0 Å². The van der Waals surface area contributed by atoms with Gasteiger partial charge in [0.2, 0.25) is 0 Å². The summed E-state index contributed by atoms with van der Waals surface area (Å²) in [4.78, 5) is 0. The fraction of sp³-hybridized carbons (Fsp3) is 0.200. The largest absolute Gasteiger partial charge is 0.487 e. The molecule has 5 heteroatoms. The monoisotopic (exact) mass is 329 g/mol. The van der Waals surface area contributed by atoms with Gasteiger partial charge in [-0.15, -0.1) is 0 Å². The van der Waals surface area contributed by atoms with Crippen LogP contribution in [0.2, 0.25) is 15.1 Å². The third-order valence-corrected chi connectivity index (χ3v) is 3.70. The van der Waals surface area contributed by atoms with Crippen molar-refractivity contribution in [3.8, 4) is 5.75 Å². The zero-order valence-corrected chi connectivity index (χ0v) is 13.0. The van der Waals surface area contributed by atoms with E-state index in [-0.39, 0.29) is 0 Å². The molecule has 0 aliphatic heterocycles. The molecule has 0 fully saturated rings. The van der Waals surface area contributed by atoms with Gasteiger partial charge < -0.3 is 10.5 Å². The second-order valence-electron chi connectivity index (χ2n) is 4.29. The van der Waals surface area contributed by atoms with Crippen LogP contribution < -0.4 is 10.5 Å². The van der Waals surface area contributed by atoms with Gasteiger partial charge in [0.25, 0.3) is 0 Å². The van der Waals surface area contributed by atoms with Crippen LogP contribution in [0.25, 0.3) is 0 Å². The maximum absolute atomic E-state index is 6.19. The Morgan fingerprint density at radius 1 is 0.950 bits per heavy atom. The average Bonchev–Trinajstić information content (AvgIpc) is 2.40. The van der Waals surface area contributed by atoms with Gasteiger partial charge in [0, 0.05) is 15.6 Å². The summed E-state index contributed by atoms with van der Waals surface area (Å²) in [6.07, 6.45) is 0.651. The molecule has 0 bridgehead atoms. The van der Waals surface area contributed by atoms with E-state index in [0.717, 1.165) is 11.1 Å². The Bertz CT molecular complexity index is 602. The summed E-state index contributed by atoms with van der Waals surface area (Å²) in [7, 11) is 0. The number of rotatable bonds is 5. The van der Waals surface area contributed by atoms with E-state index >= 15 is 0 Å². The molecule has 0 amide bonds. The predicted molar refractivity (Wildman–Crippen MR) is 85.0 cm³/mol. The third-order valence-electron chi connectivity index (χ3n) is 2.83. The summed E-state index contributed by atoms with van der Waals surface area (Å²) in [6, 6.07) is 11.0. The lowest BCUT2D eigenvalue weighted by molar-refractivity contribution is 0.303. The minimum absolute atomic E-state index is 0.346. The molecule has 2 nitrogen and oxygen atoms in total. The zero-order valence-electron chi connectivity index (χ0n) is 10.7. The second-order valence-corrected chi connectivity index (χ2v) is 5.55. The van der Waals surface area contributed by atoms with E-state index in [1.807, 2.05) is 30.3 Å². The summed E-state index contributed by atoms with van der Waals surface area (Å²) in [6.45, 7) is 0.845. The Kier molecular flexibility index (Phi) is 5.55. The quantitative estimate of drug-likeness (QED) is 0.860. The average molecular weight is 331 g/mol. The van der Waals surface area contributed by atoms with Gasteiger partial charge >= 0.3 is 0 Å². The first-order chi connectivity index (χ1) is 9.61. The smallest absolute Gasteiger partial charge is 0.141 e. The van der Waals surface area contributed by atoms with Gasteiger partial charge in [-0.05, 0) is 36.7 Å². The van der Waals surface area contributed by atoms with Crippen LogP contribution >= 0.6 is 34.8 Å². The minimum atomic E-state index is 0.346. The molecule has 106 valence electrons. The van der Waals surface area contributed by atoms with Gasteiger partial charge in [-0.2, -0.15) is 0 Å². The van der Waals surface area contributed by atoms with Gasteiger partial charge in [0.05, 0.1) is 5.02 Å². The fourth-order valence-electron chi connectivity index (χ4n) is 1.88. The van der Waals surface area contributed by atoms with Crippen molar-refractivity contribution >= 4 is 34.8 Å². The van der Waals surface area contributed by atoms with Gasteiger partial charge in [0.1, 0.15) is 12.4 Å². The van der Waals surface area contributed by atoms with Crippen LogP contribution in [0.1, 0.15) is 11.1 Å². The Morgan fingerprint density at radius 3 is 2.40 bits per heavy atom. The molecule has 0 saturated carbocycles. The Hall–Kier alpha value is -0.930. The highest BCUT2D eigenvalue weighted by Crippen LogP contribution is 2.33. The molecule has 2 rings (SSSR count). The number of nitrogens with two attached hydrogens (primary N) is 1. The molecule has 0 aliphatic rings. The van der Waals surface area contributed by atoms with Crippen molar-refractivity contribution in [3.05, 3.63) is 62.6 Å². The second kappa shape index (κ2) is 7.19. The topological polar surface area (TPSA) is 35.2 Å². The van der Waals surface area contributed by atoms with Crippen molar-refractivity contribution in [1.82, 2.24) is 0 Å². The summed E-state index contributed by atoms with van der Waals surface area (Å²) in [5.41, 5.74) is 7.40. The Morgan fingerprint density at radius 2 is 1.70 bits per heavy atom. The van der Waals surface area contributed by atoms with E-state index in [1.165, 1.54) is 0 Å². The van der Waals surface area contributed by atoms with E-state index in [4.69, 9.17) is 45.3 Å². The van der Waals surface area contributed by atoms with Crippen LogP contribution in [-0.4, -0.2) is 6.54 Å². The van der Waals surface area contributed by atoms with E-state index in [9.17, 15) is 0 Å². The first kappa shape index (κ1) is 15.5. The van der Waals surface area contributed by atoms with Crippen molar-refractivity contribution in [2.24, 2.45) is 5.73 Å². The number of halogens is 3. The molecule has 0 radical (unpaired) electrons. The molecular weight excluding hydrogens is 317 g/mol. The van der Waals surface area contributed by atoms with Crippen LogP contribution in [0.3, 0.4) is 0 Å². The molecule has 0 unspecified atom stereocenters. The summed E-state index contributed by atoms with van der Waals surface area (Å²) < 4.78 is 5.81. The molecule has 0 saturated heterocycles. The van der Waals surface area contributed by atoms with Gasteiger partial charge in [-0.1, -0.05) is 53.0 Å². The van der Waals surface area contributed by atoms with E-state index in [1.54, 1.807) is 6.07 Å². The van der Waals surface area contributed by atoms with Crippen molar-refractivity contribution in [2.45, 2.75) is 13.0 Å². The van der Waals surface area contributed by atoms with E-state index < -0.39 is 0 Å². The normalized spacial score (nSPS) is 10.6. The Balaban J connectivity index is 2.22. The molecule has 0 spiro atoms. The number of ether oxygens (including phenoxy) is 1. The SMILES string of the molecule is NCCc1cc(Cl)cc(Cl)c1OCc1ccccc1Cl. The highest BCUT2D eigenvalue weighted by molar-refractivity contribution is 6.35. The highest BCUT2D eigenvalue weighted by atomic mass is 35.5. The molecular formula is C15H14Cl3NO. The third kappa shape index (κ3) is 3.80. The maximum Gasteiger partial charge on any atom is 0.141 e. The molecule has 0 heterocycles. The molecule has 0 atom stereocenters. The maximum atomic E-state index is 6.19. The van der Waals surface area contributed by atoms with Crippen LogP contribution in [0.4, 0.5) is 0 Å². The fourth-order valence-corrected chi connectivity index (χ4v) is 2.66. The first-order valence-corrected chi connectivity index (χ1v) is 7.29. The van der Waals surface area contributed by atoms with Gasteiger partial charge in [-0.25, -0.2) is 0 Å². The lowest BCUT2D eigenvalue weighted by Gasteiger charge is -2.14. The zero-order chi connectivity index (χ0) is 14.5. The van der Waals surface area contributed by atoms with Crippen molar-refractivity contribution in [2.75, 3.05) is 6.54 Å². The minimum Gasteiger partial charge on any atom is -0.487 e. The van der Waals surface area contributed by atoms with Crippen molar-refractivity contribution in [1.29, 1.82) is 0 Å². The first-order valence-electron chi connectivity index (χ1n) is 6.16. The molecule has 20 heavy (non-hydrogen) atoms. The van der Waals surface area contributed by atoms with E-state index in [2.05, 4.69) is 0 Å². The molecule has 2 aromatic rings. The number of benzene rings is 2. The van der Waals surface area contributed by atoms with Crippen LogP contribution in [0.15, 0.2) is 36.4 Å². The van der Waals surface area contributed by atoms with E-state index in [0.29, 0.717) is 40.4 Å².